The summed E-state index contributed by atoms with van der Waals surface area (Å²) in [5.74, 6) is -0.0177. The van der Waals surface area contributed by atoms with Gasteiger partial charge >= 0.3 is 0 Å². The molecular formula is C13H26N2O2. The highest BCUT2D eigenvalue weighted by Crippen LogP contribution is 2.27. The Kier molecular flexibility index (Phi) is 4.95. The predicted octanol–water partition coefficient (Wildman–Crippen LogP) is 1.19. The van der Waals surface area contributed by atoms with Gasteiger partial charge < -0.3 is 15.7 Å². The van der Waals surface area contributed by atoms with E-state index in [0.29, 0.717) is 6.54 Å². The molecule has 0 bridgehead atoms. The molecule has 4 nitrogen and oxygen atoms in total. The lowest BCUT2D eigenvalue weighted by Crippen LogP contribution is -2.55. The van der Waals surface area contributed by atoms with Gasteiger partial charge in [0.25, 0.3) is 0 Å². The molecule has 0 aromatic rings. The second kappa shape index (κ2) is 5.83. The van der Waals surface area contributed by atoms with Crippen molar-refractivity contribution in [1.82, 2.24) is 10.6 Å². The smallest absolute Gasteiger partial charge is 0.234 e. The number of hydrogen-bond acceptors (Lipinski definition) is 3. The molecule has 1 rings (SSSR count). The second-order valence-corrected chi connectivity index (χ2v) is 6.15. The van der Waals surface area contributed by atoms with Crippen molar-refractivity contribution in [2.75, 3.05) is 13.2 Å². The molecule has 4 heteroatoms. The average molecular weight is 242 g/mol. The number of aliphatic hydroxyl groups is 1. The monoisotopic (exact) mass is 242 g/mol. The molecule has 1 aliphatic carbocycles. The number of amides is 1. The van der Waals surface area contributed by atoms with Crippen molar-refractivity contribution >= 4 is 5.91 Å². The molecule has 1 aliphatic rings. The molecular weight excluding hydrogens is 216 g/mol. The summed E-state index contributed by atoms with van der Waals surface area (Å²) < 4.78 is 0. The van der Waals surface area contributed by atoms with E-state index in [4.69, 9.17) is 0 Å². The van der Waals surface area contributed by atoms with E-state index in [2.05, 4.69) is 10.6 Å². The normalized spacial score (nSPS) is 20.0. The van der Waals surface area contributed by atoms with Crippen LogP contribution in [0.25, 0.3) is 0 Å². The highest BCUT2D eigenvalue weighted by Gasteiger charge is 2.32. The maximum absolute atomic E-state index is 11.8. The van der Waals surface area contributed by atoms with Crippen LogP contribution in [0.4, 0.5) is 0 Å². The summed E-state index contributed by atoms with van der Waals surface area (Å²) in [5.41, 5.74) is -0.425. The Morgan fingerprint density at radius 3 is 2.29 bits per heavy atom. The van der Waals surface area contributed by atoms with Crippen LogP contribution < -0.4 is 10.6 Å². The Morgan fingerprint density at radius 2 is 1.82 bits per heavy atom. The third-order valence-corrected chi connectivity index (χ3v) is 3.30. The van der Waals surface area contributed by atoms with E-state index in [1.54, 1.807) is 0 Å². The van der Waals surface area contributed by atoms with E-state index in [0.717, 1.165) is 25.7 Å². The molecule has 0 aromatic carbocycles. The fraction of sp³-hybridized carbons (Fsp3) is 0.923. The zero-order valence-corrected chi connectivity index (χ0v) is 11.3. The fourth-order valence-electron chi connectivity index (χ4n) is 2.24. The predicted molar refractivity (Wildman–Crippen MR) is 68.8 cm³/mol. The first-order valence-corrected chi connectivity index (χ1v) is 6.54. The minimum absolute atomic E-state index is 0.0177. The third kappa shape index (κ3) is 5.04. The molecule has 0 heterocycles. The number of nitrogens with one attached hydrogen (secondary N) is 2. The summed E-state index contributed by atoms with van der Waals surface area (Å²) in [6.07, 6.45) is 5.18. The van der Waals surface area contributed by atoms with Gasteiger partial charge in [-0.1, -0.05) is 19.3 Å². The number of carbonyl (C=O) groups excluding carboxylic acids is 1. The van der Waals surface area contributed by atoms with Crippen molar-refractivity contribution in [3.05, 3.63) is 0 Å². The van der Waals surface area contributed by atoms with Gasteiger partial charge in [0.05, 0.1) is 18.7 Å². The van der Waals surface area contributed by atoms with Crippen molar-refractivity contribution < 1.29 is 9.90 Å². The summed E-state index contributed by atoms with van der Waals surface area (Å²) >= 11 is 0. The Morgan fingerprint density at radius 1 is 1.24 bits per heavy atom. The maximum atomic E-state index is 11.8. The molecule has 1 saturated carbocycles. The first-order chi connectivity index (χ1) is 7.87. The Hall–Kier alpha value is -0.610. The minimum Gasteiger partial charge on any atom is -0.394 e. The molecule has 17 heavy (non-hydrogen) atoms. The van der Waals surface area contributed by atoms with Crippen LogP contribution in [0.2, 0.25) is 0 Å². The molecule has 100 valence electrons. The van der Waals surface area contributed by atoms with Gasteiger partial charge in [0.1, 0.15) is 0 Å². The van der Waals surface area contributed by atoms with Crippen LogP contribution in [-0.4, -0.2) is 35.2 Å². The van der Waals surface area contributed by atoms with Crippen LogP contribution in [0.5, 0.6) is 0 Å². The zero-order chi connectivity index (χ0) is 12.9. The average Bonchev–Trinajstić information content (AvgIpc) is 2.27. The van der Waals surface area contributed by atoms with Crippen molar-refractivity contribution in [2.24, 2.45) is 0 Å². The van der Waals surface area contributed by atoms with E-state index in [9.17, 15) is 9.90 Å². The second-order valence-electron chi connectivity index (χ2n) is 6.15. The lowest BCUT2D eigenvalue weighted by Gasteiger charge is -2.36. The maximum Gasteiger partial charge on any atom is 0.234 e. The van der Waals surface area contributed by atoms with Gasteiger partial charge in [-0.2, -0.15) is 0 Å². The molecule has 0 atom stereocenters. The van der Waals surface area contributed by atoms with E-state index in [1.165, 1.54) is 6.42 Å². The van der Waals surface area contributed by atoms with Crippen LogP contribution in [0.1, 0.15) is 52.9 Å². The number of aliphatic hydroxyl groups excluding tert-OH is 1. The van der Waals surface area contributed by atoms with E-state index in [1.807, 2.05) is 20.8 Å². The topological polar surface area (TPSA) is 61.4 Å². The lowest BCUT2D eigenvalue weighted by atomic mass is 9.82. The SMILES string of the molecule is CC(C)(C)NCC(=O)NC1(CO)CCCCC1. The van der Waals surface area contributed by atoms with Crippen molar-refractivity contribution in [2.45, 2.75) is 64.0 Å². The lowest BCUT2D eigenvalue weighted by molar-refractivity contribution is -0.123. The largest absolute Gasteiger partial charge is 0.394 e. The van der Waals surface area contributed by atoms with E-state index in [-0.39, 0.29) is 23.6 Å². The van der Waals surface area contributed by atoms with Crippen molar-refractivity contribution in [3.8, 4) is 0 Å². The van der Waals surface area contributed by atoms with Crippen molar-refractivity contribution in [3.63, 3.8) is 0 Å². The molecule has 3 N–H and O–H groups in total. The Labute approximate surface area is 104 Å². The molecule has 0 aromatic heterocycles. The third-order valence-electron chi connectivity index (χ3n) is 3.30. The van der Waals surface area contributed by atoms with Crippen LogP contribution in [-0.2, 0) is 4.79 Å². The van der Waals surface area contributed by atoms with Crippen LogP contribution in [0.3, 0.4) is 0 Å². The van der Waals surface area contributed by atoms with Gasteiger partial charge in [-0.15, -0.1) is 0 Å². The quantitative estimate of drug-likeness (QED) is 0.694. The standard InChI is InChI=1S/C13H26N2O2/c1-12(2,3)14-9-11(17)15-13(10-16)7-5-4-6-8-13/h14,16H,4-10H2,1-3H3,(H,15,17). The van der Waals surface area contributed by atoms with Crippen molar-refractivity contribution in [1.29, 1.82) is 0 Å². The molecule has 0 unspecified atom stereocenters. The number of hydrogen-bond donors (Lipinski definition) is 3. The van der Waals surface area contributed by atoms with Gasteiger partial charge in [0, 0.05) is 5.54 Å². The molecule has 1 amide bonds. The molecule has 0 aliphatic heterocycles. The van der Waals surface area contributed by atoms with E-state index >= 15 is 0 Å². The highest BCUT2D eigenvalue weighted by atomic mass is 16.3. The highest BCUT2D eigenvalue weighted by molar-refractivity contribution is 5.79. The molecule has 1 fully saturated rings. The summed E-state index contributed by atoms with van der Waals surface area (Å²) in [5, 5.41) is 15.6. The fourth-order valence-corrected chi connectivity index (χ4v) is 2.24. The first kappa shape index (κ1) is 14.5. The van der Waals surface area contributed by atoms with Gasteiger partial charge in [0.15, 0.2) is 0 Å². The summed E-state index contributed by atoms with van der Waals surface area (Å²) in [4.78, 5) is 11.8. The van der Waals surface area contributed by atoms with Gasteiger partial charge in [-0.05, 0) is 33.6 Å². The zero-order valence-electron chi connectivity index (χ0n) is 11.3. The minimum atomic E-state index is -0.366. The van der Waals surface area contributed by atoms with Crippen LogP contribution in [0.15, 0.2) is 0 Å². The summed E-state index contributed by atoms with van der Waals surface area (Å²) in [7, 11) is 0. The summed E-state index contributed by atoms with van der Waals surface area (Å²) in [6, 6.07) is 0. The van der Waals surface area contributed by atoms with Gasteiger partial charge in [-0.3, -0.25) is 4.79 Å². The van der Waals surface area contributed by atoms with Gasteiger partial charge in [-0.25, -0.2) is 0 Å². The number of carbonyl (C=O) groups is 1. The first-order valence-electron chi connectivity index (χ1n) is 6.54. The van der Waals surface area contributed by atoms with Crippen LogP contribution >= 0.6 is 0 Å². The van der Waals surface area contributed by atoms with E-state index < -0.39 is 0 Å². The number of rotatable bonds is 4. The summed E-state index contributed by atoms with van der Waals surface area (Å²) in [6.45, 7) is 6.45. The molecule has 0 radical (unpaired) electrons. The van der Waals surface area contributed by atoms with Gasteiger partial charge in [0.2, 0.25) is 5.91 Å². The van der Waals surface area contributed by atoms with Crippen LogP contribution in [0, 0.1) is 0 Å². The Bertz CT molecular complexity index is 253. The molecule has 0 saturated heterocycles. The molecule has 0 spiro atoms. The Balaban J connectivity index is 2.42.